The van der Waals surface area contributed by atoms with E-state index < -0.39 is 6.04 Å². The molecular formula is C29H31N3O4. The van der Waals surface area contributed by atoms with E-state index >= 15 is 0 Å². The maximum Gasteiger partial charge on any atom is 0.239 e. The number of para-hydroxylation sites is 3. The Morgan fingerprint density at radius 2 is 1.89 bits per heavy atom. The fourth-order valence-corrected chi connectivity index (χ4v) is 5.25. The van der Waals surface area contributed by atoms with Crippen molar-refractivity contribution in [1.82, 2.24) is 5.32 Å². The van der Waals surface area contributed by atoms with E-state index in [2.05, 4.69) is 24.5 Å². The number of furan rings is 1. The number of nitrogens with one attached hydrogen (secondary N) is 2. The molecule has 0 radical (unpaired) electrons. The molecule has 186 valence electrons. The maximum absolute atomic E-state index is 13.8. The van der Waals surface area contributed by atoms with Crippen LogP contribution in [0.15, 0.2) is 82.6 Å². The molecule has 36 heavy (non-hydrogen) atoms. The maximum atomic E-state index is 13.8. The molecule has 2 aliphatic rings. The number of anilines is 2. The lowest BCUT2D eigenvalue weighted by molar-refractivity contribution is -0.121. The van der Waals surface area contributed by atoms with Gasteiger partial charge in [-0.05, 0) is 42.2 Å². The van der Waals surface area contributed by atoms with Crippen molar-refractivity contribution in [3.63, 3.8) is 0 Å². The average molecular weight is 486 g/mol. The van der Waals surface area contributed by atoms with E-state index in [4.69, 9.17) is 9.15 Å². The number of allylic oxidation sites excluding steroid dienone is 1. The van der Waals surface area contributed by atoms with Gasteiger partial charge in [-0.3, -0.25) is 9.59 Å². The highest BCUT2D eigenvalue weighted by Gasteiger charge is 2.42. The number of hydrogen-bond donors (Lipinski definition) is 2. The summed E-state index contributed by atoms with van der Waals surface area (Å²) in [6.45, 7) is 4.58. The van der Waals surface area contributed by atoms with E-state index in [9.17, 15) is 9.59 Å². The summed E-state index contributed by atoms with van der Waals surface area (Å²) in [5, 5.41) is 6.53. The number of benzene rings is 2. The summed E-state index contributed by atoms with van der Waals surface area (Å²) in [6.07, 6.45) is 2.75. The Kier molecular flexibility index (Phi) is 6.31. The molecule has 0 saturated heterocycles. The van der Waals surface area contributed by atoms with Crippen LogP contribution in [-0.2, 0) is 16.1 Å². The third kappa shape index (κ3) is 4.61. The zero-order valence-corrected chi connectivity index (χ0v) is 20.8. The smallest absolute Gasteiger partial charge is 0.239 e. The number of carbonyl (C=O) groups excluding carboxylic acids is 2. The first kappa shape index (κ1) is 23.7. The van der Waals surface area contributed by atoms with Crippen LogP contribution in [0.3, 0.4) is 0 Å². The SMILES string of the molecule is COc1ccccc1C1C2=C(CC(C)(C)CC2=O)Nc2ccccc2N1CC(=O)NCc1ccco1. The molecule has 0 saturated carbocycles. The van der Waals surface area contributed by atoms with Crippen LogP contribution in [0, 0.1) is 5.41 Å². The van der Waals surface area contributed by atoms with Crippen LogP contribution in [0.1, 0.15) is 44.1 Å². The van der Waals surface area contributed by atoms with Crippen LogP contribution in [0.2, 0.25) is 0 Å². The van der Waals surface area contributed by atoms with E-state index in [0.717, 1.165) is 29.1 Å². The molecule has 7 heteroatoms. The summed E-state index contributed by atoms with van der Waals surface area (Å²) in [7, 11) is 1.63. The number of amides is 1. The van der Waals surface area contributed by atoms with Crippen molar-refractivity contribution in [2.24, 2.45) is 5.41 Å². The molecule has 2 aromatic carbocycles. The Labute approximate surface area is 211 Å². The van der Waals surface area contributed by atoms with Crippen LogP contribution in [0.25, 0.3) is 0 Å². The molecule has 0 spiro atoms. The zero-order chi connectivity index (χ0) is 25.3. The van der Waals surface area contributed by atoms with Gasteiger partial charge < -0.3 is 24.7 Å². The minimum atomic E-state index is -0.495. The number of methoxy groups -OCH3 is 1. The molecule has 0 fully saturated rings. The second-order valence-electron chi connectivity index (χ2n) is 10.1. The number of fused-ring (bicyclic) bond motifs is 1. The molecule has 2 heterocycles. The van der Waals surface area contributed by atoms with Crippen molar-refractivity contribution in [2.45, 2.75) is 39.3 Å². The molecule has 1 aromatic heterocycles. The molecule has 1 atom stereocenters. The van der Waals surface area contributed by atoms with Gasteiger partial charge in [0.2, 0.25) is 5.91 Å². The number of ether oxygens (including phenoxy) is 1. The second-order valence-corrected chi connectivity index (χ2v) is 10.1. The van der Waals surface area contributed by atoms with E-state index in [1.165, 1.54) is 0 Å². The van der Waals surface area contributed by atoms with Crippen LogP contribution in [0.4, 0.5) is 11.4 Å². The normalized spacial score (nSPS) is 18.6. The average Bonchev–Trinajstić information content (AvgIpc) is 3.33. The summed E-state index contributed by atoms with van der Waals surface area (Å²) in [6, 6.07) is 18.7. The van der Waals surface area contributed by atoms with Crippen LogP contribution in [0.5, 0.6) is 5.75 Å². The molecular weight excluding hydrogens is 454 g/mol. The quantitative estimate of drug-likeness (QED) is 0.498. The first-order valence-corrected chi connectivity index (χ1v) is 12.2. The highest BCUT2D eigenvalue weighted by atomic mass is 16.5. The monoisotopic (exact) mass is 485 g/mol. The second kappa shape index (κ2) is 9.57. The van der Waals surface area contributed by atoms with E-state index in [-0.39, 0.29) is 23.7 Å². The summed E-state index contributed by atoms with van der Waals surface area (Å²) < 4.78 is 11.1. The predicted molar refractivity (Wildman–Crippen MR) is 139 cm³/mol. The molecule has 7 nitrogen and oxygen atoms in total. The molecule has 1 aliphatic carbocycles. The van der Waals surface area contributed by atoms with E-state index in [1.807, 2.05) is 59.5 Å². The van der Waals surface area contributed by atoms with E-state index in [1.54, 1.807) is 19.4 Å². The van der Waals surface area contributed by atoms with Crippen molar-refractivity contribution in [3.8, 4) is 5.75 Å². The fraction of sp³-hybridized carbons (Fsp3) is 0.310. The Hall–Kier alpha value is -4.00. The van der Waals surface area contributed by atoms with Gasteiger partial charge in [-0.15, -0.1) is 0 Å². The minimum Gasteiger partial charge on any atom is -0.496 e. The van der Waals surface area contributed by atoms with Gasteiger partial charge in [-0.2, -0.15) is 0 Å². The van der Waals surface area contributed by atoms with E-state index in [0.29, 0.717) is 30.0 Å². The van der Waals surface area contributed by atoms with Gasteiger partial charge >= 0.3 is 0 Å². The van der Waals surface area contributed by atoms with Crippen LogP contribution >= 0.6 is 0 Å². The van der Waals surface area contributed by atoms with Crippen molar-refractivity contribution >= 4 is 23.1 Å². The van der Waals surface area contributed by atoms with Crippen molar-refractivity contribution in [1.29, 1.82) is 0 Å². The summed E-state index contributed by atoms with van der Waals surface area (Å²) in [4.78, 5) is 29.0. The summed E-state index contributed by atoms with van der Waals surface area (Å²) >= 11 is 0. The predicted octanol–water partition coefficient (Wildman–Crippen LogP) is 5.22. The molecule has 1 unspecified atom stereocenters. The first-order chi connectivity index (χ1) is 17.4. The number of ketones is 1. The molecule has 0 bridgehead atoms. The van der Waals surface area contributed by atoms with Crippen molar-refractivity contribution < 1.29 is 18.7 Å². The number of Topliss-reactive ketones (excluding diaryl/α,β-unsaturated/α-hetero) is 1. The molecule has 1 aliphatic heterocycles. The largest absolute Gasteiger partial charge is 0.496 e. The number of rotatable bonds is 6. The highest BCUT2D eigenvalue weighted by Crippen LogP contribution is 2.49. The topological polar surface area (TPSA) is 83.8 Å². The van der Waals surface area contributed by atoms with Crippen LogP contribution in [-0.4, -0.2) is 25.3 Å². The van der Waals surface area contributed by atoms with Gasteiger partial charge in [0.1, 0.15) is 11.5 Å². The standard InChI is InChI=1S/C29H31N3O4/c1-29(2)15-22-27(24(33)16-29)28(20-10-4-7-13-25(20)35-3)32(23-12-6-5-11-21(23)31-22)18-26(34)30-17-19-9-8-14-36-19/h4-14,28,31H,15-18H2,1-3H3,(H,30,34). The van der Waals surface area contributed by atoms with Gasteiger partial charge in [-0.1, -0.05) is 44.2 Å². The third-order valence-corrected chi connectivity index (χ3v) is 6.79. The van der Waals surface area contributed by atoms with Gasteiger partial charge in [-0.25, -0.2) is 0 Å². The third-order valence-electron chi connectivity index (χ3n) is 6.79. The Morgan fingerprint density at radius 3 is 2.67 bits per heavy atom. The Bertz CT molecular complexity index is 1310. The highest BCUT2D eigenvalue weighted by molar-refractivity contribution is 6.02. The van der Waals surface area contributed by atoms with Crippen molar-refractivity contribution in [3.05, 3.63) is 89.5 Å². The minimum absolute atomic E-state index is 0.0512. The fourth-order valence-electron chi connectivity index (χ4n) is 5.25. The van der Waals surface area contributed by atoms with Crippen molar-refractivity contribution in [2.75, 3.05) is 23.9 Å². The first-order valence-electron chi connectivity index (χ1n) is 12.2. The van der Waals surface area contributed by atoms with Gasteiger partial charge in [0, 0.05) is 23.3 Å². The molecule has 1 amide bonds. The Morgan fingerprint density at radius 1 is 1.11 bits per heavy atom. The van der Waals surface area contributed by atoms with Crippen LogP contribution < -0.4 is 20.3 Å². The lowest BCUT2D eigenvalue weighted by atomic mass is 9.73. The number of carbonyl (C=O) groups is 2. The summed E-state index contributed by atoms with van der Waals surface area (Å²) in [5.41, 5.74) is 3.98. The molecule has 3 aromatic rings. The molecule has 5 rings (SSSR count). The Balaban J connectivity index is 1.63. The van der Waals surface area contributed by atoms with Gasteiger partial charge in [0.05, 0.1) is 43.9 Å². The lowest BCUT2D eigenvalue weighted by Gasteiger charge is -2.38. The zero-order valence-electron chi connectivity index (χ0n) is 20.8. The lowest BCUT2D eigenvalue weighted by Crippen LogP contribution is -2.42. The number of nitrogens with zero attached hydrogens (tertiary/aromatic N) is 1. The van der Waals surface area contributed by atoms with Gasteiger partial charge in [0.15, 0.2) is 5.78 Å². The summed E-state index contributed by atoms with van der Waals surface area (Å²) in [5.74, 6) is 1.26. The number of hydrogen-bond acceptors (Lipinski definition) is 6. The van der Waals surface area contributed by atoms with Gasteiger partial charge in [0.25, 0.3) is 0 Å². The molecule has 2 N–H and O–H groups in total.